The van der Waals surface area contributed by atoms with Crippen molar-refractivity contribution in [1.82, 2.24) is 0 Å². The van der Waals surface area contributed by atoms with Gasteiger partial charge in [-0.2, -0.15) is 0 Å². The van der Waals surface area contributed by atoms with E-state index in [0.717, 1.165) is 18.8 Å². The lowest BCUT2D eigenvalue weighted by Gasteiger charge is -2.13. The molecule has 0 bridgehead atoms. The molecule has 0 aromatic heterocycles. The normalized spacial score (nSPS) is 11.9. The molecule has 4 heteroatoms. The SMILES string of the molecule is C=C(C)COCCCCCC([SiH3])(I)I. The smallest absolute Gasteiger partial charge is 0.0671 e. The van der Waals surface area contributed by atoms with E-state index in [1.54, 1.807) is 0 Å². The quantitative estimate of drug-likeness (QED) is 0.186. The number of alkyl halides is 2. The lowest BCUT2D eigenvalue weighted by atomic mass is 10.2. The first-order valence-electron chi connectivity index (χ1n) is 5.02. The third kappa shape index (κ3) is 13.4. The van der Waals surface area contributed by atoms with E-state index in [0.29, 0.717) is 1.05 Å². The summed E-state index contributed by atoms with van der Waals surface area (Å²) in [6.07, 6.45) is 5.18. The minimum atomic E-state index is 0.564. The predicted molar refractivity (Wildman–Crippen MR) is 84.8 cm³/mol. The van der Waals surface area contributed by atoms with Crippen molar-refractivity contribution in [3.8, 4) is 0 Å². The fourth-order valence-electron chi connectivity index (χ4n) is 1.06. The Kier molecular flexibility index (Phi) is 9.36. The Bertz CT molecular complexity index is 166. The lowest BCUT2D eigenvalue weighted by Crippen LogP contribution is -2.09. The van der Waals surface area contributed by atoms with Gasteiger partial charge in [0, 0.05) is 16.8 Å². The highest BCUT2D eigenvalue weighted by atomic mass is 127. The van der Waals surface area contributed by atoms with Crippen molar-refractivity contribution in [2.24, 2.45) is 0 Å². The van der Waals surface area contributed by atoms with Crippen LogP contribution in [0.2, 0.25) is 0 Å². The van der Waals surface area contributed by atoms with Gasteiger partial charge >= 0.3 is 0 Å². The summed E-state index contributed by atoms with van der Waals surface area (Å²) in [6, 6.07) is 0. The molecular formula is C10H20I2OSi. The highest BCUT2D eigenvalue weighted by Gasteiger charge is 2.12. The second kappa shape index (κ2) is 8.52. The van der Waals surface area contributed by atoms with Crippen LogP contribution >= 0.6 is 45.2 Å². The van der Waals surface area contributed by atoms with Crippen LogP contribution in [0.15, 0.2) is 12.2 Å². The number of rotatable bonds is 8. The topological polar surface area (TPSA) is 9.23 Å². The minimum absolute atomic E-state index is 0.564. The zero-order valence-corrected chi connectivity index (χ0v) is 15.4. The van der Waals surface area contributed by atoms with Crippen LogP contribution in [0.3, 0.4) is 0 Å². The summed E-state index contributed by atoms with van der Waals surface area (Å²) >= 11 is 5.12. The van der Waals surface area contributed by atoms with Crippen molar-refractivity contribution >= 4 is 55.4 Å². The van der Waals surface area contributed by atoms with Crippen molar-refractivity contribution in [2.45, 2.75) is 33.7 Å². The van der Waals surface area contributed by atoms with Gasteiger partial charge in [-0.25, -0.2) is 0 Å². The number of ether oxygens (including phenoxy) is 1. The number of hydrogen-bond donors (Lipinski definition) is 0. The zero-order valence-electron chi connectivity index (χ0n) is 9.11. The second-order valence-corrected chi connectivity index (χ2v) is 16.5. The number of hydrogen-bond acceptors (Lipinski definition) is 1. The maximum absolute atomic E-state index is 5.43. The van der Waals surface area contributed by atoms with E-state index in [-0.39, 0.29) is 0 Å². The van der Waals surface area contributed by atoms with Crippen LogP contribution in [0.5, 0.6) is 0 Å². The molecule has 0 aromatic rings. The van der Waals surface area contributed by atoms with Crippen LogP contribution in [-0.4, -0.2) is 24.5 Å². The molecule has 0 atom stereocenters. The van der Waals surface area contributed by atoms with Gasteiger partial charge in [0.15, 0.2) is 0 Å². The molecule has 84 valence electrons. The molecule has 0 aliphatic carbocycles. The van der Waals surface area contributed by atoms with E-state index in [1.807, 2.05) is 6.92 Å². The average Bonchev–Trinajstić information content (AvgIpc) is 2.00. The molecule has 0 N–H and O–H groups in total. The number of unbranched alkanes of at least 4 members (excludes halogenated alkanes) is 2. The zero-order chi connectivity index (χ0) is 11.0. The Balaban J connectivity index is 3.11. The summed E-state index contributed by atoms with van der Waals surface area (Å²) in [5, 5.41) is 0. The van der Waals surface area contributed by atoms with E-state index in [9.17, 15) is 0 Å². The molecule has 0 heterocycles. The van der Waals surface area contributed by atoms with Crippen molar-refractivity contribution in [1.29, 1.82) is 0 Å². The Morgan fingerprint density at radius 3 is 2.50 bits per heavy atom. The van der Waals surface area contributed by atoms with Gasteiger partial charge in [-0.1, -0.05) is 70.2 Å². The van der Waals surface area contributed by atoms with Crippen molar-refractivity contribution < 1.29 is 4.74 Å². The predicted octanol–water partition coefficient (Wildman–Crippen LogP) is 3.03. The monoisotopic (exact) mass is 438 g/mol. The molecule has 1 nitrogen and oxygen atoms in total. The van der Waals surface area contributed by atoms with Gasteiger partial charge < -0.3 is 4.74 Å². The third-order valence-electron chi connectivity index (χ3n) is 1.75. The molecule has 0 aliphatic rings. The molecule has 0 rings (SSSR count). The lowest BCUT2D eigenvalue weighted by molar-refractivity contribution is 0.151. The van der Waals surface area contributed by atoms with Gasteiger partial charge in [0.1, 0.15) is 0 Å². The summed E-state index contributed by atoms with van der Waals surface area (Å²) in [6.45, 7) is 7.42. The van der Waals surface area contributed by atoms with Crippen LogP contribution in [0.1, 0.15) is 32.6 Å². The van der Waals surface area contributed by atoms with Gasteiger partial charge in [0.25, 0.3) is 0 Å². The van der Waals surface area contributed by atoms with E-state index in [1.165, 1.54) is 35.9 Å². The molecule has 0 aliphatic heterocycles. The van der Waals surface area contributed by atoms with Gasteiger partial charge in [-0.05, 0) is 19.8 Å². The van der Waals surface area contributed by atoms with E-state index >= 15 is 0 Å². The van der Waals surface area contributed by atoms with Crippen LogP contribution in [-0.2, 0) is 4.74 Å². The second-order valence-electron chi connectivity index (χ2n) is 3.89. The molecule has 0 unspecified atom stereocenters. The summed E-state index contributed by atoms with van der Waals surface area (Å²) in [5.74, 6) is 0. The molecule has 0 aromatic carbocycles. The van der Waals surface area contributed by atoms with Crippen molar-refractivity contribution in [3.05, 3.63) is 12.2 Å². The van der Waals surface area contributed by atoms with E-state index < -0.39 is 0 Å². The average molecular weight is 438 g/mol. The Labute approximate surface area is 118 Å². The summed E-state index contributed by atoms with van der Waals surface area (Å²) in [7, 11) is 1.28. The van der Waals surface area contributed by atoms with Crippen LogP contribution < -0.4 is 0 Å². The van der Waals surface area contributed by atoms with Crippen molar-refractivity contribution in [2.75, 3.05) is 13.2 Å². The molecule has 0 saturated carbocycles. The van der Waals surface area contributed by atoms with Crippen molar-refractivity contribution in [3.63, 3.8) is 0 Å². The molecule has 0 spiro atoms. The van der Waals surface area contributed by atoms with Gasteiger partial charge in [-0.3, -0.25) is 0 Å². The fourth-order valence-corrected chi connectivity index (χ4v) is 2.18. The highest BCUT2D eigenvalue weighted by Crippen LogP contribution is 2.29. The minimum Gasteiger partial charge on any atom is -0.377 e. The Hall–Kier alpha value is 1.38. The van der Waals surface area contributed by atoms with Gasteiger partial charge in [0.05, 0.1) is 7.66 Å². The first kappa shape index (κ1) is 15.4. The third-order valence-corrected chi connectivity index (χ3v) is 3.33. The molecule has 0 amide bonds. The maximum Gasteiger partial charge on any atom is 0.0671 e. The number of halogens is 2. The largest absolute Gasteiger partial charge is 0.377 e. The summed E-state index contributed by atoms with van der Waals surface area (Å²) in [4.78, 5) is 0. The first-order valence-corrected chi connectivity index (χ1v) is 8.17. The summed E-state index contributed by atoms with van der Waals surface area (Å²) in [5.41, 5.74) is 1.11. The molecule has 0 radical (unpaired) electrons. The molecule has 0 saturated heterocycles. The Morgan fingerprint density at radius 1 is 1.36 bits per heavy atom. The van der Waals surface area contributed by atoms with E-state index in [2.05, 4.69) is 51.8 Å². The first-order chi connectivity index (χ1) is 6.42. The summed E-state index contributed by atoms with van der Waals surface area (Å²) < 4.78 is 6.00. The van der Waals surface area contributed by atoms with Gasteiger partial charge in [-0.15, -0.1) is 0 Å². The standard InChI is InChI=1S/C10H20I2OSi/c1-9(2)8-13-7-5-3-4-6-10(11,12)14/h1,3-8H2,2,14H3. The Morgan fingerprint density at radius 2 is 2.00 bits per heavy atom. The molecular weight excluding hydrogens is 418 g/mol. The molecule has 14 heavy (non-hydrogen) atoms. The van der Waals surface area contributed by atoms with Crippen LogP contribution in [0.25, 0.3) is 0 Å². The molecule has 0 fully saturated rings. The van der Waals surface area contributed by atoms with E-state index in [4.69, 9.17) is 4.74 Å². The van der Waals surface area contributed by atoms with Gasteiger partial charge in [0.2, 0.25) is 0 Å². The highest BCUT2D eigenvalue weighted by molar-refractivity contribution is 14.2. The van der Waals surface area contributed by atoms with Crippen LogP contribution in [0, 0.1) is 0 Å². The fraction of sp³-hybridized carbons (Fsp3) is 0.800. The van der Waals surface area contributed by atoms with Crippen LogP contribution in [0.4, 0.5) is 0 Å². The maximum atomic E-state index is 5.43.